The largest absolute Gasteiger partial charge is 0.383 e. The van der Waals surface area contributed by atoms with E-state index in [2.05, 4.69) is 27.8 Å². The number of hydrogen-bond donors (Lipinski definition) is 3. The van der Waals surface area contributed by atoms with E-state index in [0.29, 0.717) is 48.9 Å². The molecule has 2 aromatic heterocycles. The molecule has 12 nitrogen and oxygen atoms in total. The molecule has 0 aliphatic carbocycles. The van der Waals surface area contributed by atoms with Crippen LogP contribution in [0, 0.1) is 12.8 Å². The lowest BCUT2D eigenvalue weighted by atomic mass is 10.1. The Labute approximate surface area is 245 Å². The first-order valence-corrected chi connectivity index (χ1v) is 14.3. The van der Waals surface area contributed by atoms with E-state index in [9.17, 15) is 14.4 Å². The first-order chi connectivity index (χ1) is 20.2. The number of urea groups is 1. The Hall–Kier alpha value is -4.00. The second kappa shape index (κ2) is 12.9. The summed E-state index contributed by atoms with van der Waals surface area (Å²) in [7, 11) is 3.29. The molecule has 5 rings (SSSR count). The molecule has 224 valence electrons. The molecule has 0 bridgehead atoms. The van der Waals surface area contributed by atoms with Crippen LogP contribution in [0.4, 0.5) is 10.6 Å². The first-order valence-electron chi connectivity index (χ1n) is 14.3. The SMILES string of the molecule is COCCN1C[C@@H](C)[C@H](NC(=O)Nc2c(C)c(-c3cc(C(=O)N[C@H]4CCOC4)c(=O)n(C)c3)nn2-c2ccccc2)C1. The van der Waals surface area contributed by atoms with Crippen molar-refractivity contribution >= 4 is 17.8 Å². The third-order valence-corrected chi connectivity index (χ3v) is 7.94. The minimum atomic E-state index is -0.448. The number of nitrogens with one attached hydrogen (secondary N) is 3. The number of methoxy groups -OCH3 is 1. The smallest absolute Gasteiger partial charge is 0.320 e. The van der Waals surface area contributed by atoms with Crippen LogP contribution in [-0.4, -0.2) is 89.8 Å². The number of aryl methyl sites for hydroxylation is 1. The average Bonchev–Trinajstić information content (AvgIpc) is 3.69. The molecule has 42 heavy (non-hydrogen) atoms. The minimum Gasteiger partial charge on any atom is -0.383 e. The lowest BCUT2D eigenvalue weighted by molar-refractivity contribution is 0.0928. The Morgan fingerprint density at radius 2 is 1.95 bits per heavy atom. The van der Waals surface area contributed by atoms with Gasteiger partial charge in [-0.2, -0.15) is 5.10 Å². The number of likely N-dealkylation sites (tertiary alicyclic amines) is 1. The summed E-state index contributed by atoms with van der Waals surface area (Å²) in [5.74, 6) is 0.337. The molecule has 3 aromatic rings. The third-order valence-electron chi connectivity index (χ3n) is 7.94. The zero-order valence-corrected chi connectivity index (χ0v) is 24.6. The Balaban J connectivity index is 1.44. The molecule has 12 heteroatoms. The van der Waals surface area contributed by atoms with Gasteiger partial charge in [-0.3, -0.25) is 19.8 Å². The van der Waals surface area contributed by atoms with E-state index in [1.54, 1.807) is 31.1 Å². The van der Waals surface area contributed by atoms with Gasteiger partial charge in [-0.05, 0) is 37.5 Å². The molecule has 4 heterocycles. The zero-order valence-electron chi connectivity index (χ0n) is 24.6. The summed E-state index contributed by atoms with van der Waals surface area (Å²) in [5.41, 5.74) is 2.20. The van der Waals surface area contributed by atoms with Crippen LogP contribution in [0.5, 0.6) is 0 Å². The van der Waals surface area contributed by atoms with Gasteiger partial charge in [0, 0.05) is 63.8 Å². The fraction of sp³-hybridized carbons (Fsp3) is 0.467. The monoisotopic (exact) mass is 577 g/mol. The minimum absolute atomic E-state index is 0.00952. The fourth-order valence-corrected chi connectivity index (χ4v) is 5.56. The van der Waals surface area contributed by atoms with Crippen LogP contribution in [0.3, 0.4) is 0 Å². The quantitative estimate of drug-likeness (QED) is 0.355. The van der Waals surface area contributed by atoms with Crippen LogP contribution in [-0.2, 0) is 16.5 Å². The number of hydrogen-bond acceptors (Lipinski definition) is 7. The van der Waals surface area contributed by atoms with Crippen LogP contribution in [0.25, 0.3) is 16.9 Å². The first kappa shape index (κ1) is 29.5. The van der Waals surface area contributed by atoms with E-state index in [1.807, 2.05) is 37.3 Å². The number of anilines is 1. The fourth-order valence-electron chi connectivity index (χ4n) is 5.56. The molecule has 1 aromatic carbocycles. The number of ether oxygens (including phenoxy) is 2. The molecule has 3 atom stereocenters. The molecule has 3 amide bonds. The maximum absolute atomic E-state index is 13.3. The standard InChI is InChI=1S/C30H39N7O5/c1-19-15-36(11-13-41-4)17-25(19)32-30(40)33-27-20(2)26(34-37(27)23-8-6-5-7-9-23)21-14-24(29(39)35(3)16-21)28(38)31-22-10-12-42-18-22/h5-9,14,16,19,22,25H,10-13,15,17-18H2,1-4H3,(H,31,38)(H2,32,33,40)/t19-,22+,25-/m1/s1. The van der Waals surface area contributed by atoms with E-state index < -0.39 is 11.5 Å². The summed E-state index contributed by atoms with van der Waals surface area (Å²) in [4.78, 5) is 41.6. The van der Waals surface area contributed by atoms with Crippen LogP contribution in [0.15, 0.2) is 47.4 Å². The molecule has 0 radical (unpaired) electrons. The highest BCUT2D eigenvalue weighted by molar-refractivity contribution is 5.96. The number of rotatable bonds is 9. The maximum Gasteiger partial charge on any atom is 0.320 e. The molecular weight excluding hydrogens is 538 g/mol. The zero-order chi connectivity index (χ0) is 29.8. The second-order valence-electron chi connectivity index (χ2n) is 11.1. The number of carbonyl (C=O) groups is 2. The van der Waals surface area contributed by atoms with E-state index in [4.69, 9.17) is 14.6 Å². The summed E-state index contributed by atoms with van der Waals surface area (Å²) in [6.07, 6.45) is 2.36. The number of amides is 3. The highest BCUT2D eigenvalue weighted by Crippen LogP contribution is 2.30. The van der Waals surface area contributed by atoms with Crippen molar-refractivity contribution in [1.29, 1.82) is 0 Å². The summed E-state index contributed by atoms with van der Waals surface area (Å²) in [5, 5.41) is 13.9. The van der Waals surface area contributed by atoms with E-state index in [1.165, 1.54) is 4.57 Å². The number of nitrogens with zero attached hydrogens (tertiary/aromatic N) is 4. The molecule has 0 saturated carbocycles. The van der Waals surface area contributed by atoms with Crippen molar-refractivity contribution in [3.05, 3.63) is 64.1 Å². The molecular formula is C30H39N7O5. The number of aromatic nitrogens is 3. The Kier molecular flexibility index (Phi) is 9.05. The van der Waals surface area contributed by atoms with Gasteiger partial charge in [0.2, 0.25) is 0 Å². The molecule has 2 aliphatic heterocycles. The van der Waals surface area contributed by atoms with Crippen molar-refractivity contribution < 1.29 is 19.1 Å². The number of para-hydroxylation sites is 1. The molecule has 2 aliphatic rings. The van der Waals surface area contributed by atoms with Gasteiger partial charge in [-0.25, -0.2) is 9.48 Å². The van der Waals surface area contributed by atoms with Crippen LogP contribution < -0.4 is 21.5 Å². The Morgan fingerprint density at radius 1 is 1.17 bits per heavy atom. The predicted octanol–water partition coefficient (Wildman–Crippen LogP) is 2.15. The maximum atomic E-state index is 13.3. The van der Waals surface area contributed by atoms with Gasteiger partial charge >= 0.3 is 6.03 Å². The summed E-state index contributed by atoms with van der Waals surface area (Å²) < 4.78 is 13.6. The van der Waals surface area contributed by atoms with Crippen LogP contribution >= 0.6 is 0 Å². The highest BCUT2D eigenvalue weighted by Gasteiger charge is 2.31. The van der Waals surface area contributed by atoms with E-state index in [0.717, 1.165) is 25.3 Å². The van der Waals surface area contributed by atoms with Crippen LogP contribution in [0.2, 0.25) is 0 Å². The van der Waals surface area contributed by atoms with Crippen LogP contribution in [0.1, 0.15) is 29.3 Å². The number of benzene rings is 1. The van der Waals surface area contributed by atoms with Crippen molar-refractivity contribution in [1.82, 2.24) is 29.9 Å². The lowest BCUT2D eigenvalue weighted by Crippen LogP contribution is -2.42. The van der Waals surface area contributed by atoms with Crippen molar-refractivity contribution in [3.63, 3.8) is 0 Å². The van der Waals surface area contributed by atoms with E-state index in [-0.39, 0.29) is 29.6 Å². The Bertz CT molecular complexity index is 1480. The number of pyridine rings is 1. The predicted molar refractivity (Wildman–Crippen MR) is 159 cm³/mol. The second-order valence-corrected chi connectivity index (χ2v) is 11.1. The summed E-state index contributed by atoms with van der Waals surface area (Å²) in [6, 6.07) is 10.6. The van der Waals surface area contributed by atoms with Gasteiger partial charge < -0.3 is 24.7 Å². The summed E-state index contributed by atoms with van der Waals surface area (Å²) in [6.45, 7) is 8.09. The normalized spacial score (nSPS) is 20.5. The molecule has 0 spiro atoms. The highest BCUT2D eigenvalue weighted by atomic mass is 16.5. The van der Waals surface area contributed by atoms with Crippen molar-refractivity contribution in [3.8, 4) is 16.9 Å². The molecule has 0 unspecified atom stereocenters. The number of carbonyl (C=O) groups excluding carboxylic acids is 2. The van der Waals surface area contributed by atoms with Crippen molar-refractivity contribution in [2.24, 2.45) is 13.0 Å². The van der Waals surface area contributed by atoms with Gasteiger partial charge in [0.15, 0.2) is 0 Å². The van der Waals surface area contributed by atoms with Gasteiger partial charge in [0.25, 0.3) is 11.5 Å². The molecule has 2 saturated heterocycles. The topological polar surface area (TPSA) is 132 Å². The molecule has 2 fully saturated rings. The third kappa shape index (κ3) is 6.40. The Morgan fingerprint density at radius 3 is 2.67 bits per heavy atom. The molecule has 3 N–H and O–H groups in total. The van der Waals surface area contributed by atoms with Gasteiger partial charge in [0.1, 0.15) is 11.4 Å². The van der Waals surface area contributed by atoms with Gasteiger partial charge in [-0.15, -0.1) is 0 Å². The summed E-state index contributed by atoms with van der Waals surface area (Å²) >= 11 is 0. The van der Waals surface area contributed by atoms with Gasteiger partial charge in [-0.1, -0.05) is 25.1 Å². The average molecular weight is 578 g/mol. The van der Waals surface area contributed by atoms with Crippen molar-refractivity contribution in [2.45, 2.75) is 32.4 Å². The van der Waals surface area contributed by atoms with Gasteiger partial charge in [0.05, 0.1) is 30.6 Å². The van der Waals surface area contributed by atoms with E-state index >= 15 is 0 Å². The van der Waals surface area contributed by atoms with Crippen molar-refractivity contribution in [2.75, 3.05) is 51.9 Å². The lowest BCUT2D eigenvalue weighted by Gasteiger charge is -2.18.